The maximum absolute atomic E-state index is 11.9. The summed E-state index contributed by atoms with van der Waals surface area (Å²) < 4.78 is 7.08. The minimum absolute atomic E-state index is 0.315. The molecule has 0 saturated heterocycles. The van der Waals surface area contributed by atoms with E-state index < -0.39 is 0 Å². The van der Waals surface area contributed by atoms with Crippen LogP contribution in [0.15, 0.2) is 85.5 Å². The van der Waals surface area contributed by atoms with Crippen LogP contribution in [-0.2, 0) is 11.2 Å². The molecule has 0 aliphatic heterocycles. The van der Waals surface area contributed by atoms with Crippen molar-refractivity contribution in [3.63, 3.8) is 0 Å². The SMILES string of the molecule is CCOC(=O)c1ccc(-c2nc3ccc(Cc4ccccc4-n4ccnc4)cc3[nH]2)cc1. The Balaban J connectivity index is 1.41. The third kappa shape index (κ3) is 3.90. The summed E-state index contributed by atoms with van der Waals surface area (Å²) >= 11 is 0. The topological polar surface area (TPSA) is 72.8 Å². The minimum atomic E-state index is -0.315. The number of benzene rings is 3. The van der Waals surface area contributed by atoms with Gasteiger partial charge in [-0.1, -0.05) is 36.4 Å². The van der Waals surface area contributed by atoms with Gasteiger partial charge in [0.2, 0.25) is 0 Å². The van der Waals surface area contributed by atoms with Crippen molar-refractivity contribution < 1.29 is 9.53 Å². The molecule has 32 heavy (non-hydrogen) atoms. The van der Waals surface area contributed by atoms with E-state index in [1.165, 1.54) is 11.1 Å². The van der Waals surface area contributed by atoms with Crippen LogP contribution in [-0.4, -0.2) is 32.1 Å². The lowest BCUT2D eigenvalue weighted by Gasteiger charge is -2.10. The average Bonchev–Trinajstić information content (AvgIpc) is 3.50. The summed E-state index contributed by atoms with van der Waals surface area (Å²) in [6.45, 7) is 2.16. The zero-order chi connectivity index (χ0) is 21.9. The number of hydrogen-bond donors (Lipinski definition) is 1. The molecule has 0 fully saturated rings. The molecule has 0 radical (unpaired) electrons. The van der Waals surface area contributed by atoms with Gasteiger partial charge in [0.15, 0.2) is 0 Å². The van der Waals surface area contributed by atoms with Gasteiger partial charge in [0, 0.05) is 23.6 Å². The summed E-state index contributed by atoms with van der Waals surface area (Å²) in [7, 11) is 0. The molecule has 0 aliphatic carbocycles. The molecule has 0 aliphatic rings. The summed E-state index contributed by atoms with van der Waals surface area (Å²) in [5.74, 6) is 0.454. The van der Waals surface area contributed by atoms with Gasteiger partial charge in [-0.25, -0.2) is 14.8 Å². The Bertz CT molecular complexity index is 1370. The first-order chi connectivity index (χ1) is 15.7. The maximum Gasteiger partial charge on any atom is 0.338 e. The highest BCUT2D eigenvalue weighted by atomic mass is 16.5. The van der Waals surface area contributed by atoms with Crippen molar-refractivity contribution in [2.75, 3.05) is 6.61 Å². The second-order valence-electron chi connectivity index (χ2n) is 7.51. The van der Waals surface area contributed by atoms with Crippen molar-refractivity contribution in [2.45, 2.75) is 13.3 Å². The molecule has 0 bridgehead atoms. The molecular formula is C26H22N4O2. The number of nitrogens with zero attached hydrogens (tertiary/aromatic N) is 3. The molecule has 0 spiro atoms. The number of imidazole rings is 2. The van der Waals surface area contributed by atoms with Gasteiger partial charge in [0.05, 0.1) is 29.5 Å². The summed E-state index contributed by atoms with van der Waals surface area (Å²) in [6.07, 6.45) is 6.36. The lowest BCUT2D eigenvalue weighted by atomic mass is 10.0. The van der Waals surface area contributed by atoms with Gasteiger partial charge in [0.25, 0.3) is 0 Å². The van der Waals surface area contributed by atoms with Crippen molar-refractivity contribution in [3.05, 3.63) is 102 Å². The lowest BCUT2D eigenvalue weighted by molar-refractivity contribution is 0.0526. The van der Waals surface area contributed by atoms with Crippen LogP contribution in [0.5, 0.6) is 0 Å². The van der Waals surface area contributed by atoms with Crippen LogP contribution in [0.2, 0.25) is 0 Å². The Morgan fingerprint density at radius 3 is 2.69 bits per heavy atom. The number of nitrogens with one attached hydrogen (secondary N) is 1. The van der Waals surface area contributed by atoms with Crippen LogP contribution < -0.4 is 0 Å². The predicted octanol–water partition coefficient (Wildman–Crippen LogP) is 5.18. The third-order valence-electron chi connectivity index (χ3n) is 5.38. The molecule has 0 unspecified atom stereocenters. The number of rotatable bonds is 6. The summed E-state index contributed by atoms with van der Waals surface area (Å²) in [5, 5.41) is 0. The first-order valence-electron chi connectivity index (χ1n) is 10.5. The standard InChI is InChI=1S/C26H22N4O2/c1-2-32-26(31)20-10-8-19(9-11-20)25-28-22-12-7-18(16-23(22)29-25)15-21-5-3-4-6-24(21)30-14-13-27-17-30/h3-14,16-17H,2,15H2,1H3,(H,28,29). The molecule has 2 heterocycles. The fraction of sp³-hybridized carbons (Fsp3) is 0.115. The fourth-order valence-corrected chi connectivity index (χ4v) is 3.82. The van der Waals surface area contributed by atoms with Crippen LogP contribution in [0, 0.1) is 0 Å². The smallest absolute Gasteiger partial charge is 0.338 e. The van der Waals surface area contributed by atoms with E-state index in [9.17, 15) is 4.79 Å². The van der Waals surface area contributed by atoms with Gasteiger partial charge < -0.3 is 14.3 Å². The molecule has 0 amide bonds. The number of carbonyl (C=O) groups excluding carboxylic acids is 1. The van der Waals surface area contributed by atoms with Crippen molar-refractivity contribution >= 4 is 17.0 Å². The van der Waals surface area contributed by atoms with Gasteiger partial charge in [-0.15, -0.1) is 0 Å². The number of aromatic amines is 1. The second kappa shape index (κ2) is 8.51. The molecule has 5 rings (SSSR count). The highest BCUT2D eigenvalue weighted by molar-refractivity contribution is 5.90. The summed E-state index contributed by atoms with van der Waals surface area (Å²) in [4.78, 5) is 24.2. The number of carbonyl (C=O) groups is 1. The molecule has 5 aromatic rings. The van der Waals surface area contributed by atoms with E-state index in [2.05, 4.69) is 40.3 Å². The first kappa shape index (κ1) is 19.8. The zero-order valence-corrected chi connectivity index (χ0v) is 17.7. The predicted molar refractivity (Wildman–Crippen MR) is 124 cm³/mol. The minimum Gasteiger partial charge on any atom is -0.462 e. The Kier molecular flexibility index (Phi) is 5.25. The number of fused-ring (bicyclic) bond motifs is 1. The Labute approximate surface area is 185 Å². The van der Waals surface area contributed by atoms with Gasteiger partial charge >= 0.3 is 5.97 Å². The van der Waals surface area contributed by atoms with E-state index in [-0.39, 0.29) is 5.97 Å². The van der Waals surface area contributed by atoms with Crippen molar-refractivity contribution in [3.8, 4) is 17.1 Å². The molecule has 158 valence electrons. The van der Waals surface area contributed by atoms with Crippen LogP contribution in [0.1, 0.15) is 28.4 Å². The van der Waals surface area contributed by atoms with E-state index in [0.717, 1.165) is 34.5 Å². The summed E-state index contributed by atoms with van der Waals surface area (Å²) in [5.41, 5.74) is 6.87. The van der Waals surface area contributed by atoms with Gasteiger partial charge in [0.1, 0.15) is 5.82 Å². The molecule has 6 nitrogen and oxygen atoms in total. The van der Waals surface area contributed by atoms with E-state index in [4.69, 9.17) is 9.72 Å². The fourth-order valence-electron chi connectivity index (χ4n) is 3.82. The molecular weight excluding hydrogens is 400 g/mol. The van der Waals surface area contributed by atoms with E-state index in [1.54, 1.807) is 25.3 Å². The molecule has 0 atom stereocenters. The lowest BCUT2D eigenvalue weighted by Crippen LogP contribution is -2.04. The van der Waals surface area contributed by atoms with Crippen LogP contribution in [0.3, 0.4) is 0 Å². The number of hydrogen-bond acceptors (Lipinski definition) is 4. The van der Waals surface area contributed by atoms with Crippen molar-refractivity contribution in [1.82, 2.24) is 19.5 Å². The number of ether oxygens (including phenoxy) is 1. The highest BCUT2D eigenvalue weighted by Crippen LogP contribution is 2.24. The quantitative estimate of drug-likeness (QED) is 0.383. The number of aromatic nitrogens is 4. The Morgan fingerprint density at radius 2 is 1.91 bits per heavy atom. The van der Waals surface area contributed by atoms with E-state index in [0.29, 0.717) is 12.2 Å². The van der Waals surface area contributed by atoms with E-state index >= 15 is 0 Å². The maximum atomic E-state index is 11.9. The van der Waals surface area contributed by atoms with Crippen LogP contribution in [0.4, 0.5) is 0 Å². The van der Waals surface area contributed by atoms with Crippen LogP contribution >= 0.6 is 0 Å². The van der Waals surface area contributed by atoms with Crippen molar-refractivity contribution in [2.24, 2.45) is 0 Å². The zero-order valence-electron chi connectivity index (χ0n) is 17.7. The molecule has 1 N–H and O–H groups in total. The third-order valence-corrected chi connectivity index (χ3v) is 5.38. The van der Waals surface area contributed by atoms with Gasteiger partial charge in [-0.05, 0) is 54.8 Å². The van der Waals surface area contributed by atoms with E-state index in [1.807, 2.05) is 41.4 Å². The highest BCUT2D eigenvalue weighted by Gasteiger charge is 2.11. The Hall–Kier alpha value is -4.19. The molecule has 6 heteroatoms. The molecule has 3 aromatic carbocycles. The summed E-state index contributed by atoms with van der Waals surface area (Å²) in [6, 6.07) is 21.9. The molecule has 0 saturated carbocycles. The average molecular weight is 422 g/mol. The largest absolute Gasteiger partial charge is 0.462 e. The van der Waals surface area contributed by atoms with Crippen molar-refractivity contribution in [1.29, 1.82) is 0 Å². The van der Waals surface area contributed by atoms with Gasteiger partial charge in [-0.2, -0.15) is 0 Å². The Morgan fingerprint density at radius 1 is 1.06 bits per heavy atom. The molecule has 2 aromatic heterocycles. The van der Waals surface area contributed by atoms with Crippen LogP contribution in [0.25, 0.3) is 28.1 Å². The number of H-pyrrole nitrogens is 1. The number of para-hydroxylation sites is 1. The normalized spacial score (nSPS) is 11.0. The number of esters is 1. The first-order valence-corrected chi connectivity index (χ1v) is 10.5. The second-order valence-corrected chi connectivity index (χ2v) is 7.51. The monoisotopic (exact) mass is 422 g/mol. The van der Waals surface area contributed by atoms with Gasteiger partial charge in [-0.3, -0.25) is 0 Å².